The molecule has 3 rings (SSSR count). The summed E-state index contributed by atoms with van der Waals surface area (Å²) in [6, 6.07) is 16.3. The van der Waals surface area contributed by atoms with Crippen LogP contribution in [0.4, 0.5) is 5.69 Å². The van der Waals surface area contributed by atoms with Gasteiger partial charge in [-0.05, 0) is 37.1 Å². The van der Waals surface area contributed by atoms with E-state index in [0.29, 0.717) is 6.54 Å². The lowest BCUT2D eigenvalue weighted by molar-refractivity contribution is -0.892. The predicted molar refractivity (Wildman–Crippen MR) is 112 cm³/mol. The van der Waals surface area contributed by atoms with Crippen LogP contribution in [0.3, 0.4) is 0 Å². The van der Waals surface area contributed by atoms with E-state index in [2.05, 4.69) is 36.9 Å². The molecule has 1 heterocycles. The van der Waals surface area contributed by atoms with Gasteiger partial charge in [-0.15, -0.1) is 0 Å². The summed E-state index contributed by atoms with van der Waals surface area (Å²) in [5, 5.41) is 0.775. The molecular weight excluding hydrogens is 358 g/mol. The molecule has 0 radical (unpaired) electrons. The number of rotatable bonds is 5. The third kappa shape index (κ3) is 4.82. The molecule has 1 fully saturated rings. The molecule has 1 aliphatic heterocycles. The number of hydrogen-bond donors (Lipinski definition) is 1. The molecule has 2 aromatic carbocycles. The van der Waals surface area contributed by atoms with Gasteiger partial charge in [0.2, 0.25) is 0 Å². The predicted octanol–water partition coefficient (Wildman–Crippen LogP) is 2.57. The number of likely N-dealkylation sites (N-methyl/N-ethyl adjacent to an activating group) is 1. The van der Waals surface area contributed by atoms with Crippen LogP contribution in [0.1, 0.15) is 24.1 Å². The summed E-state index contributed by atoms with van der Waals surface area (Å²) in [6.07, 6.45) is 0. The summed E-state index contributed by atoms with van der Waals surface area (Å²) in [6.45, 7) is 8.58. The van der Waals surface area contributed by atoms with Crippen LogP contribution in [-0.2, 0) is 4.79 Å². The fraction of sp³-hybridized carbons (Fsp3) is 0.409. The van der Waals surface area contributed by atoms with Gasteiger partial charge >= 0.3 is 0 Å². The quantitative estimate of drug-likeness (QED) is 0.855. The van der Waals surface area contributed by atoms with Crippen molar-refractivity contribution < 1.29 is 9.69 Å². The smallest absolute Gasteiger partial charge is 0.278 e. The number of carbonyl (C=O) groups is 1. The molecule has 27 heavy (non-hydrogen) atoms. The molecule has 144 valence electrons. The van der Waals surface area contributed by atoms with Crippen LogP contribution in [0.5, 0.6) is 0 Å². The number of halogens is 1. The molecule has 0 unspecified atom stereocenters. The van der Waals surface area contributed by atoms with E-state index < -0.39 is 0 Å². The number of amides is 1. The van der Waals surface area contributed by atoms with Crippen LogP contribution in [0.25, 0.3) is 0 Å². The summed E-state index contributed by atoms with van der Waals surface area (Å²) in [4.78, 5) is 18.4. The molecule has 1 aliphatic rings. The van der Waals surface area contributed by atoms with E-state index in [0.717, 1.165) is 31.2 Å². The molecule has 0 bridgehead atoms. The van der Waals surface area contributed by atoms with Crippen molar-refractivity contribution in [1.82, 2.24) is 4.90 Å². The van der Waals surface area contributed by atoms with Crippen molar-refractivity contribution in [3.05, 3.63) is 64.7 Å². The Morgan fingerprint density at radius 2 is 1.85 bits per heavy atom. The number of nitrogens with zero attached hydrogens (tertiary/aromatic N) is 2. The highest BCUT2D eigenvalue weighted by Crippen LogP contribution is 2.24. The number of carbonyl (C=O) groups excluding carboxylic acids is 1. The number of quaternary nitrogens is 1. The first kappa shape index (κ1) is 19.7. The fourth-order valence-electron chi connectivity index (χ4n) is 3.67. The maximum absolute atomic E-state index is 12.8. The molecule has 1 N–H and O–H groups in total. The van der Waals surface area contributed by atoms with Gasteiger partial charge in [0, 0.05) is 17.8 Å². The normalized spacial score (nSPS) is 16.2. The first-order valence-corrected chi connectivity index (χ1v) is 9.99. The van der Waals surface area contributed by atoms with Gasteiger partial charge < -0.3 is 14.7 Å². The van der Waals surface area contributed by atoms with E-state index in [1.807, 2.05) is 42.3 Å². The van der Waals surface area contributed by atoms with Gasteiger partial charge in [0.1, 0.15) is 0 Å². The second-order valence-corrected chi connectivity index (χ2v) is 7.87. The van der Waals surface area contributed by atoms with Crippen molar-refractivity contribution in [2.24, 2.45) is 0 Å². The second kappa shape index (κ2) is 8.77. The highest BCUT2D eigenvalue weighted by molar-refractivity contribution is 6.30. The Balaban J connectivity index is 1.54. The summed E-state index contributed by atoms with van der Waals surface area (Å²) in [5.41, 5.74) is 3.63. The zero-order valence-corrected chi connectivity index (χ0v) is 17.2. The number of aryl methyl sites for hydroxylation is 1. The Kier molecular flexibility index (Phi) is 6.40. The van der Waals surface area contributed by atoms with Crippen molar-refractivity contribution >= 4 is 23.2 Å². The third-order valence-electron chi connectivity index (χ3n) is 5.64. The largest absolute Gasteiger partial charge is 0.360 e. The zero-order chi connectivity index (χ0) is 19.4. The Labute approximate surface area is 167 Å². The maximum Gasteiger partial charge on any atom is 0.278 e. The lowest BCUT2D eigenvalue weighted by Gasteiger charge is -2.35. The lowest BCUT2D eigenvalue weighted by Crippen LogP contribution is -3.15. The zero-order valence-electron chi connectivity index (χ0n) is 16.4. The van der Waals surface area contributed by atoms with Gasteiger partial charge in [-0.3, -0.25) is 4.79 Å². The molecular formula is C22H29ClN3O+. The van der Waals surface area contributed by atoms with Gasteiger partial charge in [0.25, 0.3) is 5.91 Å². The summed E-state index contributed by atoms with van der Waals surface area (Å²) >= 11 is 6.17. The Morgan fingerprint density at radius 1 is 1.19 bits per heavy atom. The number of hydrogen-bond acceptors (Lipinski definition) is 2. The van der Waals surface area contributed by atoms with Crippen molar-refractivity contribution in [2.45, 2.75) is 19.9 Å². The summed E-state index contributed by atoms with van der Waals surface area (Å²) in [7, 11) is 1.91. The second-order valence-electron chi connectivity index (χ2n) is 7.44. The molecule has 0 spiro atoms. The Morgan fingerprint density at radius 3 is 2.52 bits per heavy atom. The molecule has 5 heteroatoms. The molecule has 4 nitrogen and oxygen atoms in total. The topological polar surface area (TPSA) is 28.0 Å². The van der Waals surface area contributed by atoms with Crippen LogP contribution in [0.2, 0.25) is 5.02 Å². The maximum atomic E-state index is 12.8. The molecule has 0 aliphatic carbocycles. The monoisotopic (exact) mass is 386 g/mol. The molecule has 1 saturated heterocycles. The molecule has 0 aromatic heterocycles. The SMILES string of the molecule is Cc1ccc(Cl)cc1N1CC[NH+](CC(=O)N(C)[C@H](C)c2ccccc2)CC1. The van der Waals surface area contributed by atoms with Crippen molar-refractivity contribution in [3.8, 4) is 0 Å². The Bertz CT molecular complexity index is 772. The van der Waals surface area contributed by atoms with Crippen molar-refractivity contribution in [1.29, 1.82) is 0 Å². The highest BCUT2D eigenvalue weighted by Gasteiger charge is 2.26. The lowest BCUT2D eigenvalue weighted by atomic mass is 10.1. The molecule has 1 amide bonds. The Hall–Kier alpha value is -2.04. The van der Waals surface area contributed by atoms with E-state index in [1.165, 1.54) is 21.7 Å². The first-order valence-electron chi connectivity index (χ1n) is 9.61. The molecule has 0 saturated carbocycles. The molecule has 2 aromatic rings. The minimum Gasteiger partial charge on any atom is -0.360 e. The average Bonchev–Trinajstić information content (AvgIpc) is 2.70. The van der Waals surface area contributed by atoms with Crippen LogP contribution in [0, 0.1) is 6.92 Å². The van der Waals surface area contributed by atoms with Crippen molar-refractivity contribution in [2.75, 3.05) is 44.7 Å². The third-order valence-corrected chi connectivity index (χ3v) is 5.88. The van der Waals surface area contributed by atoms with Gasteiger partial charge in [-0.1, -0.05) is 48.0 Å². The number of anilines is 1. The van der Waals surface area contributed by atoms with E-state index in [1.54, 1.807) is 0 Å². The van der Waals surface area contributed by atoms with E-state index >= 15 is 0 Å². The fourth-order valence-corrected chi connectivity index (χ4v) is 3.84. The van der Waals surface area contributed by atoms with Crippen LogP contribution >= 0.6 is 11.6 Å². The highest BCUT2D eigenvalue weighted by atomic mass is 35.5. The number of benzene rings is 2. The van der Waals surface area contributed by atoms with E-state index in [9.17, 15) is 4.79 Å². The van der Waals surface area contributed by atoms with Gasteiger partial charge in [0.05, 0.1) is 32.2 Å². The van der Waals surface area contributed by atoms with E-state index in [4.69, 9.17) is 11.6 Å². The molecule has 1 atom stereocenters. The van der Waals surface area contributed by atoms with Crippen LogP contribution in [-0.4, -0.2) is 50.6 Å². The van der Waals surface area contributed by atoms with Gasteiger partial charge in [-0.2, -0.15) is 0 Å². The minimum atomic E-state index is 0.0912. The minimum absolute atomic E-state index is 0.0912. The number of piperazine rings is 1. The van der Waals surface area contributed by atoms with Crippen LogP contribution < -0.4 is 9.80 Å². The number of nitrogens with one attached hydrogen (secondary N) is 1. The summed E-state index contributed by atoms with van der Waals surface area (Å²) in [5.74, 6) is 0.203. The van der Waals surface area contributed by atoms with Gasteiger partial charge in [0.15, 0.2) is 6.54 Å². The van der Waals surface area contributed by atoms with Crippen LogP contribution in [0.15, 0.2) is 48.5 Å². The standard InChI is InChI=1S/C22H28ClN3O/c1-17-9-10-20(23)15-21(17)26-13-11-25(12-14-26)16-22(27)24(3)18(2)19-7-5-4-6-8-19/h4-10,15,18H,11-14,16H2,1-3H3/p+1/t18-/m1/s1. The van der Waals surface area contributed by atoms with Crippen molar-refractivity contribution in [3.63, 3.8) is 0 Å². The van der Waals surface area contributed by atoms with Gasteiger partial charge in [-0.25, -0.2) is 0 Å². The first-order chi connectivity index (χ1) is 13.0. The van der Waals surface area contributed by atoms with E-state index in [-0.39, 0.29) is 11.9 Å². The average molecular weight is 387 g/mol. The summed E-state index contributed by atoms with van der Waals surface area (Å²) < 4.78 is 0.